The highest BCUT2D eigenvalue weighted by Crippen LogP contribution is 2.09. The molecule has 0 radical (unpaired) electrons. The summed E-state index contributed by atoms with van der Waals surface area (Å²) in [5.74, 6) is 0.0354. The van der Waals surface area contributed by atoms with E-state index in [-0.39, 0.29) is 5.91 Å². The maximum atomic E-state index is 11.5. The van der Waals surface area contributed by atoms with E-state index in [2.05, 4.69) is 40.4 Å². The molecule has 0 bridgehead atoms. The van der Waals surface area contributed by atoms with Crippen LogP contribution in [-0.2, 0) is 11.3 Å². The lowest BCUT2D eigenvalue weighted by molar-refractivity contribution is -0.120. The Hall–Kier alpha value is -0.870. The third kappa shape index (κ3) is 5.84. The van der Waals surface area contributed by atoms with E-state index in [0.29, 0.717) is 19.1 Å². The quantitative estimate of drug-likeness (QED) is 0.847. The van der Waals surface area contributed by atoms with E-state index in [1.165, 1.54) is 0 Å². The average Bonchev–Trinajstić information content (AvgIpc) is 2.35. The van der Waals surface area contributed by atoms with Crippen LogP contribution in [0.15, 0.2) is 28.7 Å². The van der Waals surface area contributed by atoms with Crippen molar-refractivity contribution in [1.82, 2.24) is 10.6 Å². The Bertz CT molecular complexity index is 351. The summed E-state index contributed by atoms with van der Waals surface area (Å²) in [6.07, 6.45) is 1.03. The molecule has 94 valence electrons. The molecule has 1 unspecified atom stereocenters. The van der Waals surface area contributed by atoms with Crippen LogP contribution in [0.4, 0.5) is 0 Å². The Labute approximate surface area is 111 Å². The van der Waals surface area contributed by atoms with Gasteiger partial charge in [0.05, 0.1) is 6.54 Å². The minimum atomic E-state index is 0.0354. The predicted octanol–water partition coefficient (Wildman–Crippen LogP) is 2.45. The maximum Gasteiger partial charge on any atom is 0.234 e. The monoisotopic (exact) mass is 298 g/mol. The van der Waals surface area contributed by atoms with Crippen molar-refractivity contribution < 1.29 is 4.79 Å². The van der Waals surface area contributed by atoms with Crippen LogP contribution in [-0.4, -0.2) is 18.5 Å². The second kappa shape index (κ2) is 7.45. The molecular weight excluding hydrogens is 280 g/mol. The van der Waals surface area contributed by atoms with E-state index in [1.54, 1.807) is 0 Å². The van der Waals surface area contributed by atoms with Crippen LogP contribution in [0.2, 0.25) is 0 Å². The number of halogens is 1. The summed E-state index contributed by atoms with van der Waals surface area (Å²) in [7, 11) is 0. The van der Waals surface area contributed by atoms with Crippen molar-refractivity contribution in [2.45, 2.75) is 32.9 Å². The number of amides is 1. The van der Waals surface area contributed by atoms with Gasteiger partial charge in [-0.25, -0.2) is 0 Å². The van der Waals surface area contributed by atoms with Crippen molar-refractivity contribution in [2.24, 2.45) is 0 Å². The van der Waals surface area contributed by atoms with Gasteiger partial charge in [0, 0.05) is 17.1 Å². The van der Waals surface area contributed by atoms with E-state index >= 15 is 0 Å². The Kier molecular flexibility index (Phi) is 6.22. The highest BCUT2D eigenvalue weighted by molar-refractivity contribution is 9.10. The maximum absolute atomic E-state index is 11.5. The first-order valence-electron chi connectivity index (χ1n) is 5.86. The Morgan fingerprint density at radius 3 is 2.59 bits per heavy atom. The minimum Gasteiger partial charge on any atom is -0.351 e. The molecule has 0 heterocycles. The van der Waals surface area contributed by atoms with Crippen molar-refractivity contribution in [3.63, 3.8) is 0 Å². The van der Waals surface area contributed by atoms with E-state index < -0.39 is 0 Å². The highest BCUT2D eigenvalue weighted by atomic mass is 79.9. The second-order valence-corrected chi connectivity index (χ2v) is 5.01. The van der Waals surface area contributed by atoms with Gasteiger partial charge in [0.1, 0.15) is 0 Å². The lowest BCUT2D eigenvalue weighted by Gasteiger charge is -2.11. The SMILES string of the molecule is CCC(C)NCC(=O)NCc1ccc(Br)cc1. The molecule has 1 rings (SSSR count). The first-order valence-corrected chi connectivity index (χ1v) is 6.65. The lowest BCUT2D eigenvalue weighted by atomic mass is 10.2. The first-order chi connectivity index (χ1) is 8.11. The molecule has 0 aliphatic carbocycles. The number of nitrogens with one attached hydrogen (secondary N) is 2. The fraction of sp³-hybridized carbons (Fsp3) is 0.462. The summed E-state index contributed by atoms with van der Waals surface area (Å²) >= 11 is 3.38. The molecular formula is C13H19BrN2O. The zero-order valence-electron chi connectivity index (χ0n) is 10.3. The smallest absolute Gasteiger partial charge is 0.234 e. The van der Waals surface area contributed by atoms with Crippen molar-refractivity contribution in [1.29, 1.82) is 0 Å². The van der Waals surface area contributed by atoms with Crippen LogP contribution >= 0.6 is 15.9 Å². The average molecular weight is 299 g/mol. The fourth-order valence-electron chi connectivity index (χ4n) is 1.28. The molecule has 0 aliphatic heterocycles. The van der Waals surface area contributed by atoms with Crippen LogP contribution in [0.3, 0.4) is 0 Å². The fourth-order valence-corrected chi connectivity index (χ4v) is 1.54. The molecule has 1 atom stereocenters. The van der Waals surface area contributed by atoms with Crippen molar-refractivity contribution in [3.8, 4) is 0 Å². The van der Waals surface area contributed by atoms with Crippen LogP contribution in [0.25, 0.3) is 0 Å². The van der Waals surface area contributed by atoms with Gasteiger partial charge in [0.2, 0.25) is 5.91 Å². The van der Waals surface area contributed by atoms with Gasteiger partial charge in [-0.2, -0.15) is 0 Å². The first kappa shape index (κ1) is 14.2. The van der Waals surface area contributed by atoms with Crippen molar-refractivity contribution in [2.75, 3.05) is 6.54 Å². The third-order valence-electron chi connectivity index (χ3n) is 2.63. The summed E-state index contributed by atoms with van der Waals surface area (Å²) in [6.45, 7) is 5.12. The number of hydrogen-bond acceptors (Lipinski definition) is 2. The molecule has 1 aromatic carbocycles. The van der Waals surface area contributed by atoms with E-state index in [4.69, 9.17) is 0 Å². The Morgan fingerprint density at radius 1 is 1.35 bits per heavy atom. The third-order valence-corrected chi connectivity index (χ3v) is 3.16. The van der Waals surface area contributed by atoms with Gasteiger partial charge in [0.25, 0.3) is 0 Å². The largest absolute Gasteiger partial charge is 0.351 e. The normalized spacial score (nSPS) is 12.2. The van der Waals surface area contributed by atoms with Crippen molar-refractivity contribution in [3.05, 3.63) is 34.3 Å². The summed E-state index contributed by atoms with van der Waals surface area (Å²) in [4.78, 5) is 11.5. The molecule has 2 N–H and O–H groups in total. The van der Waals surface area contributed by atoms with Gasteiger partial charge in [-0.15, -0.1) is 0 Å². The topological polar surface area (TPSA) is 41.1 Å². The number of carbonyl (C=O) groups excluding carboxylic acids is 1. The van der Waals surface area contributed by atoms with E-state index in [1.807, 2.05) is 24.3 Å². The Balaban J connectivity index is 2.26. The summed E-state index contributed by atoms with van der Waals surface area (Å²) in [5.41, 5.74) is 1.10. The zero-order valence-corrected chi connectivity index (χ0v) is 11.9. The molecule has 0 fully saturated rings. The number of hydrogen-bond donors (Lipinski definition) is 2. The van der Waals surface area contributed by atoms with E-state index in [9.17, 15) is 4.79 Å². The predicted molar refractivity (Wildman–Crippen MR) is 73.7 cm³/mol. The molecule has 3 nitrogen and oxygen atoms in total. The summed E-state index contributed by atoms with van der Waals surface area (Å²) < 4.78 is 1.05. The molecule has 17 heavy (non-hydrogen) atoms. The lowest BCUT2D eigenvalue weighted by Crippen LogP contribution is -2.37. The summed E-state index contributed by atoms with van der Waals surface area (Å²) in [6, 6.07) is 8.31. The molecule has 0 saturated heterocycles. The van der Waals surface area contributed by atoms with E-state index in [0.717, 1.165) is 16.5 Å². The zero-order chi connectivity index (χ0) is 12.7. The summed E-state index contributed by atoms with van der Waals surface area (Å²) in [5, 5.41) is 6.04. The molecule has 0 saturated carbocycles. The molecule has 0 aromatic heterocycles. The Morgan fingerprint density at radius 2 is 2.00 bits per heavy atom. The molecule has 4 heteroatoms. The molecule has 0 aliphatic rings. The standard InChI is InChI=1S/C13H19BrN2O/c1-3-10(2)15-9-13(17)16-8-11-4-6-12(14)7-5-11/h4-7,10,15H,3,8-9H2,1-2H3,(H,16,17). The second-order valence-electron chi connectivity index (χ2n) is 4.09. The van der Waals surface area contributed by atoms with Gasteiger partial charge in [0.15, 0.2) is 0 Å². The van der Waals surface area contributed by atoms with Gasteiger partial charge in [-0.1, -0.05) is 35.0 Å². The minimum absolute atomic E-state index is 0.0354. The van der Waals surface area contributed by atoms with Gasteiger partial charge in [-0.05, 0) is 31.0 Å². The van der Waals surface area contributed by atoms with Crippen LogP contribution < -0.4 is 10.6 Å². The number of carbonyl (C=O) groups is 1. The molecule has 0 spiro atoms. The number of rotatable bonds is 6. The number of benzene rings is 1. The molecule has 1 amide bonds. The van der Waals surface area contributed by atoms with Gasteiger partial charge >= 0.3 is 0 Å². The van der Waals surface area contributed by atoms with Crippen LogP contribution in [0.1, 0.15) is 25.8 Å². The molecule has 1 aromatic rings. The van der Waals surface area contributed by atoms with Crippen molar-refractivity contribution >= 4 is 21.8 Å². The van der Waals surface area contributed by atoms with Gasteiger partial charge < -0.3 is 10.6 Å². The van der Waals surface area contributed by atoms with Gasteiger partial charge in [-0.3, -0.25) is 4.79 Å². The van der Waals surface area contributed by atoms with Crippen LogP contribution in [0.5, 0.6) is 0 Å². The van der Waals surface area contributed by atoms with Crippen LogP contribution in [0, 0.1) is 0 Å². The highest BCUT2D eigenvalue weighted by Gasteiger charge is 2.03.